The molecule has 0 aromatic carbocycles. The van der Waals surface area contributed by atoms with Gasteiger partial charge in [0.25, 0.3) is 0 Å². The Morgan fingerprint density at radius 2 is 2.00 bits per heavy atom. The molecule has 0 aliphatic carbocycles. The van der Waals surface area contributed by atoms with Gasteiger partial charge in [-0.3, -0.25) is 0 Å². The van der Waals surface area contributed by atoms with Crippen LogP contribution in [0.25, 0.3) is 0 Å². The summed E-state index contributed by atoms with van der Waals surface area (Å²) in [6.45, 7) is 3.01. The zero-order valence-corrected chi connectivity index (χ0v) is 6.96. The van der Waals surface area contributed by atoms with E-state index in [0.717, 1.165) is 0 Å². The molecule has 0 radical (unpaired) electrons. The Morgan fingerprint density at radius 1 is 1.45 bits per heavy atom. The highest BCUT2D eigenvalue weighted by molar-refractivity contribution is 5.53. The monoisotopic (exact) mass is 162 g/mol. The summed E-state index contributed by atoms with van der Waals surface area (Å²) in [6.07, 6.45) is -0.206. The first kappa shape index (κ1) is 10.6. The topological polar surface area (TPSA) is 37.3 Å². The van der Waals surface area contributed by atoms with Crippen LogP contribution in [0, 0.1) is 5.92 Å². The third-order valence-corrected chi connectivity index (χ3v) is 1.46. The average molecular weight is 162 g/mol. The summed E-state index contributed by atoms with van der Waals surface area (Å²) in [7, 11) is 0. The minimum atomic E-state index is -0.969. The van der Waals surface area contributed by atoms with Crippen molar-refractivity contribution in [3.8, 4) is 0 Å². The molecular weight excluding hydrogens is 147 g/mol. The molecule has 0 aromatic rings. The first-order chi connectivity index (χ1) is 5.06. The Labute approximate surface area is 66.4 Å². The van der Waals surface area contributed by atoms with Crippen LogP contribution in [0.5, 0.6) is 0 Å². The summed E-state index contributed by atoms with van der Waals surface area (Å²) in [5, 5.41) is 8.89. The number of carbonyl (C=O) groups excluding carboxylic acids is 1. The van der Waals surface area contributed by atoms with Gasteiger partial charge in [-0.25, -0.2) is 4.39 Å². The smallest absolute Gasteiger partial charge is 0.123 e. The summed E-state index contributed by atoms with van der Waals surface area (Å²) in [4.78, 5) is 10.3. The highest BCUT2D eigenvalue weighted by atomic mass is 19.1. The van der Waals surface area contributed by atoms with E-state index in [1.165, 1.54) is 6.92 Å². The minimum absolute atomic E-state index is 0.217. The lowest BCUT2D eigenvalue weighted by molar-refractivity contribution is -0.112. The molecule has 0 aliphatic rings. The van der Waals surface area contributed by atoms with Gasteiger partial charge in [0, 0.05) is 5.92 Å². The Bertz CT molecular complexity index is 103. The third kappa shape index (κ3) is 5.98. The van der Waals surface area contributed by atoms with Crippen molar-refractivity contribution in [2.45, 2.75) is 39.0 Å². The largest absolute Gasteiger partial charge is 0.393 e. The van der Waals surface area contributed by atoms with E-state index in [0.29, 0.717) is 12.7 Å². The van der Waals surface area contributed by atoms with Crippen LogP contribution in [0.4, 0.5) is 4.39 Å². The van der Waals surface area contributed by atoms with Crippen molar-refractivity contribution in [2.24, 2.45) is 5.92 Å². The van der Waals surface area contributed by atoms with E-state index >= 15 is 0 Å². The Kier molecular flexibility index (Phi) is 5.03. The summed E-state index contributed by atoms with van der Waals surface area (Å²) >= 11 is 0. The van der Waals surface area contributed by atoms with Crippen molar-refractivity contribution < 1.29 is 14.3 Å². The fourth-order valence-electron chi connectivity index (χ4n) is 1.06. The number of halogens is 1. The summed E-state index contributed by atoms with van der Waals surface area (Å²) in [5.41, 5.74) is 0. The highest BCUT2D eigenvalue weighted by Gasteiger charge is 2.13. The number of rotatable bonds is 5. The molecule has 66 valence electrons. The summed E-state index contributed by atoms with van der Waals surface area (Å²) in [5.74, 6) is -0.338. The second kappa shape index (κ2) is 5.24. The molecule has 0 bridgehead atoms. The molecular formula is C8H15FO2. The lowest BCUT2D eigenvalue weighted by Crippen LogP contribution is -2.14. The van der Waals surface area contributed by atoms with Gasteiger partial charge < -0.3 is 9.90 Å². The molecule has 0 aliphatic heterocycles. The van der Waals surface area contributed by atoms with Crippen molar-refractivity contribution in [2.75, 3.05) is 0 Å². The number of aliphatic hydroxyl groups excluding tert-OH is 1. The number of aldehydes is 1. The molecule has 3 heteroatoms. The second-order valence-corrected chi connectivity index (χ2v) is 3.00. The number of hydrogen-bond acceptors (Lipinski definition) is 2. The minimum Gasteiger partial charge on any atom is -0.393 e. The SMILES string of the molecule is CC(O)CC(C=O)CC(C)F. The van der Waals surface area contributed by atoms with Crippen molar-refractivity contribution in [3.63, 3.8) is 0 Å². The van der Waals surface area contributed by atoms with E-state index in [-0.39, 0.29) is 12.3 Å². The third-order valence-electron chi connectivity index (χ3n) is 1.46. The molecule has 3 unspecified atom stereocenters. The van der Waals surface area contributed by atoms with Gasteiger partial charge in [0.1, 0.15) is 6.29 Å². The predicted octanol–water partition coefficient (Wildman–Crippen LogP) is 1.32. The van der Waals surface area contributed by atoms with E-state index in [1.54, 1.807) is 6.92 Å². The molecule has 0 rings (SSSR count). The number of hydrogen-bond donors (Lipinski definition) is 1. The van der Waals surface area contributed by atoms with E-state index in [9.17, 15) is 9.18 Å². The van der Waals surface area contributed by atoms with Gasteiger partial charge >= 0.3 is 0 Å². The molecule has 2 nitrogen and oxygen atoms in total. The highest BCUT2D eigenvalue weighted by Crippen LogP contribution is 2.12. The van der Waals surface area contributed by atoms with Gasteiger partial charge in [-0.1, -0.05) is 0 Å². The standard InChI is InChI=1S/C8H15FO2/c1-6(9)3-8(5-10)4-7(2)11/h5-8,11H,3-4H2,1-2H3. The van der Waals surface area contributed by atoms with Crippen LogP contribution in [0.3, 0.4) is 0 Å². The van der Waals surface area contributed by atoms with E-state index in [1.807, 2.05) is 0 Å². The molecule has 0 saturated carbocycles. The average Bonchev–Trinajstić information content (AvgIpc) is 1.84. The zero-order chi connectivity index (χ0) is 8.85. The van der Waals surface area contributed by atoms with Crippen LogP contribution >= 0.6 is 0 Å². The summed E-state index contributed by atoms with van der Waals surface area (Å²) < 4.78 is 12.3. The van der Waals surface area contributed by atoms with Crippen molar-refractivity contribution >= 4 is 6.29 Å². The van der Waals surface area contributed by atoms with Gasteiger partial charge in [0.15, 0.2) is 0 Å². The van der Waals surface area contributed by atoms with Crippen molar-refractivity contribution in [1.29, 1.82) is 0 Å². The molecule has 3 atom stereocenters. The van der Waals surface area contributed by atoms with Gasteiger partial charge in [0.05, 0.1) is 12.3 Å². The van der Waals surface area contributed by atoms with Crippen LogP contribution in [0.15, 0.2) is 0 Å². The van der Waals surface area contributed by atoms with E-state index in [2.05, 4.69) is 0 Å². The maximum Gasteiger partial charge on any atom is 0.123 e. The first-order valence-corrected chi connectivity index (χ1v) is 3.83. The van der Waals surface area contributed by atoms with Gasteiger partial charge in [-0.2, -0.15) is 0 Å². The number of carbonyl (C=O) groups is 1. The van der Waals surface area contributed by atoms with Gasteiger partial charge in [0.2, 0.25) is 0 Å². The number of aliphatic hydroxyl groups is 1. The lowest BCUT2D eigenvalue weighted by atomic mass is 9.98. The van der Waals surface area contributed by atoms with E-state index < -0.39 is 12.3 Å². The first-order valence-electron chi connectivity index (χ1n) is 3.83. The molecule has 0 saturated heterocycles. The molecule has 11 heavy (non-hydrogen) atoms. The molecule has 1 N–H and O–H groups in total. The number of alkyl halides is 1. The normalized spacial score (nSPS) is 18.9. The maximum absolute atomic E-state index is 12.3. The molecule has 0 amide bonds. The van der Waals surface area contributed by atoms with Crippen LogP contribution in [0.1, 0.15) is 26.7 Å². The van der Waals surface area contributed by atoms with Crippen LogP contribution < -0.4 is 0 Å². The maximum atomic E-state index is 12.3. The molecule has 0 fully saturated rings. The van der Waals surface area contributed by atoms with E-state index in [4.69, 9.17) is 5.11 Å². The fourth-order valence-corrected chi connectivity index (χ4v) is 1.06. The molecule has 0 spiro atoms. The van der Waals surface area contributed by atoms with Gasteiger partial charge in [-0.05, 0) is 26.7 Å². The fraction of sp³-hybridized carbons (Fsp3) is 0.875. The van der Waals surface area contributed by atoms with Crippen LogP contribution in [-0.4, -0.2) is 23.7 Å². The zero-order valence-electron chi connectivity index (χ0n) is 6.96. The Hall–Kier alpha value is -0.440. The predicted molar refractivity (Wildman–Crippen MR) is 41.0 cm³/mol. The second-order valence-electron chi connectivity index (χ2n) is 3.00. The molecule has 0 aromatic heterocycles. The van der Waals surface area contributed by atoms with Gasteiger partial charge in [-0.15, -0.1) is 0 Å². The summed E-state index contributed by atoms with van der Waals surface area (Å²) in [6, 6.07) is 0. The Morgan fingerprint density at radius 3 is 2.27 bits per heavy atom. The quantitative estimate of drug-likeness (QED) is 0.619. The van der Waals surface area contributed by atoms with Crippen molar-refractivity contribution in [1.82, 2.24) is 0 Å². The van der Waals surface area contributed by atoms with Crippen LogP contribution in [-0.2, 0) is 4.79 Å². The van der Waals surface area contributed by atoms with Crippen molar-refractivity contribution in [3.05, 3.63) is 0 Å². The Balaban J connectivity index is 3.67. The molecule has 0 heterocycles. The lowest BCUT2D eigenvalue weighted by Gasteiger charge is -2.11. The van der Waals surface area contributed by atoms with Crippen LogP contribution in [0.2, 0.25) is 0 Å².